The van der Waals surface area contributed by atoms with E-state index in [1.807, 2.05) is 6.92 Å². The lowest BCUT2D eigenvalue weighted by molar-refractivity contribution is 0.130. The quantitative estimate of drug-likeness (QED) is 0.278. The molecule has 20 heavy (non-hydrogen) atoms. The van der Waals surface area contributed by atoms with Crippen LogP contribution in [0.15, 0.2) is 11.5 Å². The molecule has 1 nitrogen and oxygen atoms in total. The van der Waals surface area contributed by atoms with Gasteiger partial charge in [0.15, 0.2) is 0 Å². The predicted molar refractivity (Wildman–Crippen MR) is 75.7 cm³/mol. The zero-order valence-corrected chi connectivity index (χ0v) is 12.7. The molecular formula is C13H25F5OS. The first-order chi connectivity index (χ1) is 9.04. The zero-order chi connectivity index (χ0) is 15.6. The smallest absolute Gasteiger partial charge is 0.304 e. The second-order valence-corrected chi connectivity index (χ2v) is 7.25. The molecule has 0 amide bonds. The molecule has 0 N–H and O–H groups in total. The van der Waals surface area contributed by atoms with Crippen molar-refractivity contribution in [2.45, 2.75) is 58.3 Å². The minimum absolute atomic E-state index is 0.0468. The Morgan fingerprint density at radius 2 is 1.35 bits per heavy atom. The Hall–Kier alpha value is -0.300. The van der Waals surface area contributed by atoms with Gasteiger partial charge in [0.1, 0.15) is 0 Å². The van der Waals surface area contributed by atoms with Crippen LogP contribution in [-0.4, -0.2) is 13.2 Å². The third kappa shape index (κ3) is 17.7. The van der Waals surface area contributed by atoms with Gasteiger partial charge >= 0.3 is 10.2 Å². The van der Waals surface area contributed by atoms with Crippen molar-refractivity contribution in [1.82, 2.24) is 0 Å². The van der Waals surface area contributed by atoms with Gasteiger partial charge < -0.3 is 4.74 Å². The molecule has 0 aliphatic carbocycles. The van der Waals surface area contributed by atoms with E-state index >= 15 is 0 Å². The summed E-state index contributed by atoms with van der Waals surface area (Å²) in [4.78, 5) is 0. The van der Waals surface area contributed by atoms with E-state index in [1.165, 1.54) is 0 Å². The minimum Gasteiger partial charge on any atom is -0.381 e. The monoisotopic (exact) mass is 324 g/mol. The van der Waals surface area contributed by atoms with Gasteiger partial charge in [-0.2, -0.15) is 0 Å². The fourth-order valence-corrected chi connectivity index (χ4v) is 2.17. The largest absolute Gasteiger partial charge is 0.381 e. The van der Waals surface area contributed by atoms with E-state index in [2.05, 4.69) is 0 Å². The van der Waals surface area contributed by atoms with Crippen molar-refractivity contribution < 1.29 is 24.2 Å². The summed E-state index contributed by atoms with van der Waals surface area (Å²) in [5, 5.41) is -0.842. The highest BCUT2D eigenvalue weighted by molar-refractivity contribution is 8.48. The molecule has 0 radical (unpaired) electrons. The summed E-state index contributed by atoms with van der Waals surface area (Å²) in [7, 11) is -9.34. The molecule has 0 aromatic rings. The van der Waals surface area contributed by atoms with Crippen LogP contribution in [0.25, 0.3) is 0 Å². The van der Waals surface area contributed by atoms with Gasteiger partial charge in [-0.15, -0.1) is 0 Å². The molecule has 0 saturated heterocycles. The number of hydrogen-bond acceptors (Lipinski definition) is 1. The summed E-state index contributed by atoms with van der Waals surface area (Å²) in [5.41, 5.74) is 0. The van der Waals surface area contributed by atoms with Gasteiger partial charge in [-0.05, 0) is 25.7 Å². The molecule has 7 heteroatoms. The Balaban J connectivity index is 3.41. The Morgan fingerprint density at radius 3 is 1.90 bits per heavy atom. The molecular weight excluding hydrogens is 299 g/mol. The molecule has 0 aromatic heterocycles. The maximum Gasteiger partial charge on any atom is 0.304 e. The summed E-state index contributed by atoms with van der Waals surface area (Å²) in [6.07, 6.45) is 6.81. The number of unbranched alkanes of at least 4 members (excludes halogenated alkanes) is 6. The van der Waals surface area contributed by atoms with Crippen LogP contribution in [0, 0.1) is 0 Å². The molecule has 0 spiro atoms. The van der Waals surface area contributed by atoms with Gasteiger partial charge in [0, 0.05) is 13.2 Å². The average Bonchev–Trinajstić information content (AvgIpc) is 2.27. The lowest BCUT2D eigenvalue weighted by Crippen LogP contribution is -1.98. The Morgan fingerprint density at radius 1 is 0.800 bits per heavy atom. The number of ether oxygens (including phenoxy) is 1. The van der Waals surface area contributed by atoms with Gasteiger partial charge in [0.25, 0.3) is 0 Å². The Kier molecular flexibility index (Phi) is 7.52. The van der Waals surface area contributed by atoms with Gasteiger partial charge in [-0.1, -0.05) is 58.1 Å². The van der Waals surface area contributed by atoms with E-state index in [9.17, 15) is 19.4 Å². The second-order valence-electron chi connectivity index (χ2n) is 4.92. The van der Waals surface area contributed by atoms with Crippen molar-refractivity contribution in [3.05, 3.63) is 11.5 Å². The molecule has 0 bridgehead atoms. The zero-order valence-electron chi connectivity index (χ0n) is 11.9. The molecule has 0 rings (SSSR count). The molecule has 0 unspecified atom stereocenters. The van der Waals surface area contributed by atoms with Gasteiger partial charge in [-0.3, -0.25) is 0 Å². The summed E-state index contributed by atoms with van der Waals surface area (Å²) < 4.78 is 64.9. The first-order valence-corrected chi connectivity index (χ1v) is 9.05. The number of allylic oxidation sites excluding steroid dienone is 1. The van der Waals surface area contributed by atoms with Gasteiger partial charge in [0.05, 0.1) is 5.41 Å². The third-order valence-electron chi connectivity index (χ3n) is 2.61. The maximum atomic E-state index is 11.9. The molecule has 0 atom stereocenters. The van der Waals surface area contributed by atoms with Crippen LogP contribution in [0.3, 0.4) is 0 Å². The van der Waals surface area contributed by atoms with E-state index in [0.29, 0.717) is 12.5 Å². The van der Waals surface area contributed by atoms with E-state index in [0.717, 1.165) is 51.7 Å². The Labute approximate surface area is 118 Å². The second kappa shape index (κ2) is 7.64. The fraction of sp³-hybridized carbons (Fsp3) is 0.846. The molecule has 0 aliphatic rings. The number of hydrogen-bond donors (Lipinski definition) is 0. The normalized spacial score (nSPS) is 16.3. The van der Waals surface area contributed by atoms with Crippen LogP contribution in [0.2, 0.25) is 0 Å². The first-order valence-electron chi connectivity index (χ1n) is 7.03. The summed E-state index contributed by atoms with van der Waals surface area (Å²) in [5.74, 6) is 0. The van der Waals surface area contributed by atoms with E-state index in [4.69, 9.17) is 4.74 Å². The molecule has 0 aromatic carbocycles. The standard InChI is InChI=1S/C13H25F5OS/c1-2-11-19-12-9-7-5-3-4-6-8-10-13-20(14,15,16,17)18/h10,13H,2-9,11-12H2,1H3. The van der Waals surface area contributed by atoms with Crippen LogP contribution < -0.4 is 0 Å². The lowest BCUT2D eigenvalue weighted by Gasteiger charge is -2.36. The molecule has 124 valence electrons. The third-order valence-corrected chi connectivity index (χ3v) is 3.32. The van der Waals surface area contributed by atoms with Gasteiger partial charge in [0.2, 0.25) is 0 Å². The lowest BCUT2D eigenvalue weighted by atomic mass is 10.1. The van der Waals surface area contributed by atoms with Crippen molar-refractivity contribution in [3.63, 3.8) is 0 Å². The van der Waals surface area contributed by atoms with Gasteiger partial charge in [-0.25, -0.2) is 0 Å². The summed E-state index contributed by atoms with van der Waals surface area (Å²) in [6, 6.07) is 0. The molecule has 0 fully saturated rings. The van der Waals surface area contributed by atoms with Crippen LogP contribution in [0.4, 0.5) is 19.4 Å². The van der Waals surface area contributed by atoms with Crippen molar-refractivity contribution in [2.24, 2.45) is 0 Å². The average molecular weight is 324 g/mol. The highest BCUT2D eigenvalue weighted by atomic mass is 32.5. The van der Waals surface area contributed by atoms with E-state index in [1.54, 1.807) is 0 Å². The van der Waals surface area contributed by atoms with Crippen molar-refractivity contribution in [1.29, 1.82) is 0 Å². The number of halogens is 5. The van der Waals surface area contributed by atoms with Crippen LogP contribution in [0.5, 0.6) is 0 Å². The molecule has 0 heterocycles. The first kappa shape index (κ1) is 19.7. The van der Waals surface area contributed by atoms with E-state index < -0.39 is 15.6 Å². The Bertz CT molecular complexity index is 285. The predicted octanol–water partition coefficient (Wildman–Crippen LogP) is 6.96. The van der Waals surface area contributed by atoms with Crippen LogP contribution >= 0.6 is 10.2 Å². The molecule has 0 saturated carbocycles. The number of rotatable bonds is 12. The fourth-order valence-electron chi connectivity index (χ4n) is 1.67. The van der Waals surface area contributed by atoms with Crippen LogP contribution in [0.1, 0.15) is 58.3 Å². The maximum absolute atomic E-state index is 11.9. The minimum atomic E-state index is -9.34. The molecule has 0 aliphatic heterocycles. The topological polar surface area (TPSA) is 9.23 Å². The van der Waals surface area contributed by atoms with Crippen molar-refractivity contribution >= 4 is 10.2 Å². The van der Waals surface area contributed by atoms with Crippen molar-refractivity contribution in [2.75, 3.05) is 13.2 Å². The highest BCUT2D eigenvalue weighted by Crippen LogP contribution is 2.98. The van der Waals surface area contributed by atoms with Crippen molar-refractivity contribution in [3.8, 4) is 0 Å². The SMILES string of the molecule is CCCOCCCCCCCCC=CS(F)(F)(F)(F)F. The highest BCUT2D eigenvalue weighted by Gasteiger charge is 2.60. The van der Waals surface area contributed by atoms with Crippen LogP contribution in [-0.2, 0) is 4.74 Å². The van der Waals surface area contributed by atoms with E-state index in [-0.39, 0.29) is 6.42 Å². The summed E-state index contributed by atoms with van der Waals surface area (Å²) in [6.45, 7) is 3.57. The summed E-state index contributed by atoms with van der Waals surface area (Å²) >= 11 is 0.